The number of aryl methyl sites for hydroxylation is 1. The molecule has 134 valence electrons. The van der Waals surface area contributed by atoms with Crippen molar-refractivity contribution >= 4 is 17.7 Å². The number of carbonyl (C=O) groups excluding carboxylic acids is 1. The first-order valence-corrected chi connectivity index (χ1v) is 9.56. The van der Waals surface area contributed by atoms with Crippen LogP contribution in [0.5, 0.6) is 0 Å². The summed E-state index contributed by atoms with van der Waals surface area (Å²) in [5.74, 6) is 0.795. The molecule has 0 aliphatic carbocycles. The lowest BCUT2D eigenvalue weighted by Gasteiger charge is -2.14. The number of carbonyl (C=O) groups is 1. The zero-order valence-electron chi connectivity index (χ0n) is 14.6. The number of benzene rings is 1. The van der Waals surface area contributed by atoms with Crippen molar-refractivity contribution in [1.29, 1.82) is 0 Å². The third-order valence-corrected chi connectivity index (χ3v) is 5.00. The summed E-state index contributed by atoms with van der Waals surface area (Å²) in [5.41, 5.74) is 2.21. The summed E-state index contributed by atoms with van der Waals surface area (Å²) in [7, 11) is 0. The summed E-state index contributed by atoms with van der Waals surface area (Å²) in [6, 6.07) is 8.22. The minimum atomic E-state index is -0.240. The van der Waals surface area contributed by atoms with Crippen LogP contribution in [0.3, 0.4) is 0 Å². The van der Waals surface area contributed by atoms with Gasteiger partial charge in [-0.15, -0.1) is 10.2 Å². The van der Waals surface area contributed by atoms with Gasteiger partial charge in [0.2, 0.25) is 0 Å². The van der Waals surface area contributed by atoms with E-state index in [0.717, 1.165) is 36.0 Å². The third kappa shape index (κ3) is 4.61. The number of ether oxygens (including phenoxy) is 2. The second-order valence-electron chi connectivity index (χ2n) is 6.01. The van der Waals surface area contributed by atoms with Crippen molar-refractivity contribution < 1.29 is 14.3 Å². The van der Waals surface area contributed by atoms with Crippen molar-refractivity contribution in [3.63, 3.8) is 0 Å². The van der Waals surface area contributed by atoms with Crippen LogP contribution in [0.1, 0.15) is 25.3 Å². The van der Waals surface area contributed by atoms with Crippen molar-refractivity contribution in [1.82, 2.24) is 14.8 Å². The van der Waals surface area contributed by atoms with Crippen molar-refractivity contribution in [2.45, 2.75) is 44.5 Å². The fourth-order valence-corrected chi connectivity index (χ4v) is 3.54. The Morgan fingerprint density at radius 2 is 2.16 bits per heavy atom. The molecule has 0 bridgehead atoms. The van der Waals surface area contributed by atoms with Crippen LogP contribution in [0.15, 0.2) is 29.4 Å². The molecule has 3 rings (SSSR count). The molecule has 1 atom stereocenters. The average Bonchev–Trinajstić information content (AvgIpc) is 3.25. The van der Waals surface area contributed by atoms with Crippen LogP contribution in [-0.4, -0.2) is 45.8 Å². The molecular formula is C18H23N3O3S. The highest BCUT2D eigenvalue weighted by atomic mass is 32.2. The minimum Gasteiger partial charge on any atom is -0.465 e. The molecule has 0 N–H and O–H groups in total. The molecule has 1 fully saturated rings. The van der Waals surface area contributed by atoms with Crippen molar-refractivity contribution in [2.75, 3.05) is 19.0 Å². The normalized spacial score (nSPS) is 17.0. The SMILES string of the molecule is CCOC(=O)CSc1nnc(-c2ccc(C)cc2)n1CC1CCCO1. The van der Waals surface area contributed by atoms with Crippen LogP contribution in [0.25, 0.3) is 11.4 Å². The number of rotatable bonds is 7. The Kier molecular flexibility index (Phi) is 6.09. The molecule has 7 heteroatoms. The van der Waals surface area contributed by atoms with E-state index in [2.05, 4.69) is 33.8 Å². The maximum Gasteiger partial charge on any atom is 0.316 e. The fourth-order valence-electron chi connectivity index (χ4n) is 2.79. The number of thioether (sulfide) groups is 1. The lowest BCUT2D eigenvalue weighted by molar-refractivity contribution is -0.139. The predicted octanol–water partition coefficient (Wildman–Crippen LogP) is 3.09. The lowest BCUT2D eigenvalue weighted by atomic mass is 10.1. The summed E-state index contributed by atoms with van der Waals surface area (Å²) in [4.78, 5) is 11.7. The highest BCUT2D eigenvalue weighted by Crippen LogP contribution is 2.26. The van der Waals surface area contributed by atoms with Crippen LogP contribution in [0.4, 0.5) is 0 Å². The van der Waals surface area contributed by atoms with E-state index < -0.39 is 0 Å². The van der Waals surface area contributed by atoms with Gasteiger partial charge in [0, 0.05) is 12.2 Å². The van der Waals surface area contributed by atoms with Gasteiger partial charge >= 0.3 is 5.97 Å². The highest BCUT2D eigenvalue weighted by Gasteiger charge is 2.22. The Hall–Kier alpha value is -1.86. The van der Waals surface area contributed by atoms with Crippen molar-refractivity contribution in [3.05, 3.63) is 29.8 Å². The van der Waals surface area contributed by atoms with Crippen LogP contribution in [-0.2, 0) is 20.8 Å². The maximum atomic E-state index is 11.7. The number of esters is 1. The van der Waals surface area contributed by atoms with E-state index in [-0.39, 0.29) is 17.8 Å². The van der Waals surface area contributed by atoms with E-state index in [1.54, 1.807) is 6.92 Å². The number of hydrogen-bond acceptors (Lipinski definition) is 6. The molecule has 25 heavy (non-hydrogen) atoms. The molecule has 2 aromatic rings. The van der Waals surface area contributed by atoms with E-state index in [1.807, 2.05) is 12.1 Å². The molecule has 0 spiro atoms. The number of aromatic nitrogens is 3. The van der Waals surface area contributed by atoms with E-state index in [1.165, 1.54) is 17.3 Å². The molecule has 1 aromatic carbocycles. The van der Waals surface area contributed by atoms with Gasteiger partial charge in [0.25, 0.3) is 0 Å². The van der Waals surface area contributed by atoms with Gasteiger partial charge < -0.3 is 9.47 Å². The van der Waals surface area contributed by atoms with Crippen LogP contribution >= 0.6 is 11.8 Å². The molecule has 1 aliphatic rings. The smallest absolute Gasteiger partial charge is 0.316 e. The Morgan fingerprint density at radius 1 is 1.36 bits per heavy atom. The van der Waals surface area contributed by atoms with Crippen LogP contribution < -0.4 is 0 Å². The first-order valence-electron chi connectivity index (χ1n) is 8.57. The first-order chi connectivity index (χ1) is 12.2. The summed E-state index contributed by atoms with van der Waals surface area (Å²) in [6.45, 7) is 5.75. The number of nitrogens with zero attached hydrogens (tertiary/aromatic N) is 3. The monoisotopic (exact) mass is 361 g/mol. The van der Waals surface area contributed by atoms with Gasteiger partial charge in [-0.3, -0.25) is 9.36 Å². The van der Waals surface area contributed by atoms with Crippen LogP contribution in [0.2, 0.25) is 0 Å². The molecule has 0 amide bonds. The third-order valence-electron chi connectivity index (χ3n) is 4.06. The number of hydrogen-bond donors (Lipinski definition) is 0. The van der Waals surface area contributed by atoms with Gasteiger partial charge in [-0.2, -0.15) is 0 Å². The Bertz CT molecular complexity index is 709. The average molecular weight is 361 g/mol. The molecule has 1 saturated heterocycles. The summed E-state index contributed by atoms with van der Waals surface area (Å²) in [5, 5.41) is 9.39. The fraction of sp³-hybridized carbons (Fsp3) is 0.500. The molecule has 0 radical (unpaired) electrons. The molecule has 2 heterocycles. The van der Waals surface area contributed by atoms with E-state index in [4.69, 9.17) is 9.47 Å². The molecule has 6 nitrogen and oxygen atoms in total. The quantitative estimate of drug-likeness (QED) is 0.558. The summed E-state index contributed by atoms with van der Waals surface area (Å²) in [6.07, 6.45) is 2.29. The van der Waals surface area contributed by atoms with E-state index in [0.29, 0.717) is 13.2 Å². The van der Waals surface area contributed by atoms with Gasteiger partial charge in [0.05, 0.1) is 25.0 Å². The summed E-state index contributed by atoms with van der Waals surface area (Å²) >= 11 is 1.36. The first kappa shape index (κ1) is 17.9. The van der Waals surface area contributed by atoms with Crippen molar-refractivity contribution in [3.8, 4) is 11.4 Å². The zero-order valence-corrected chi connectivity index (χ0v) is 15.4. The van der Waals surface area contributed by atoms with Crippen LogP contribution in [0, 0.1) is 6.92 Å². The summed E-state index contributed by atoms with van der Waals surface area (Å²) < 4.78 is 12.8. The Balaban J connectivity index is 1.83. The molecule has 1 aromatic heterocycles. The van der Waals surface area contributed by atoms with Gasteiger partial charge in [-0.25, -0.2) is 0 Å². The van der Waals surface area contributed by atoms with Crippen molar-refractivity contribution in [2.24, 2.45) is 0 Å². The molecule has 1 aliphatic heterocycles. The lowest BCUT2D eigenvalue weighted by Crippen LogP contribution is -2.17. The van der Waals surface area contributed by atoms with E-state index >= 15 is 0 Å². The second kappa shape index (κ2) is 8.49. The Morgan fingerprint density at radius 3 is 2.84 bits per heavy atom. The topological polar surface area (TPSA) is 66.2 Å². The zero-order chi connectivity index (χ0) is 17.6. The Labute approximate surface area is 151 Å². The molecule has 0 saturated carbocycles. The van der Waals surface area contributed by atoms with E-state index in [9.17, 15) is 4.79 Å². The predicted molar refractivity (Wildman–Crippen MR) is 96.5 cm³/mol. The van der Waals surface area contributed by atoms with Gasteiger partial charge in [0.1, 0.15) is 0 Å². The van der Waals surface area contributed by atoms with Gasteiger partial charge in [0.15, 0.2) is 11.0 Å². The maximum absolute atomic E-state index is 11.7. The second-order valence-corrected chi connectivity index (χ2v) is 6.95. The standard InChI is InChI=1S/C18H23N3O3S/c1-3-23-16(22)12-25-18-20-19-17(14-8-6-13(2)7-9-14)21(18)11-15-5-4-10-24-15/h6-9,15H,3-5,10-12H2,1-2H3. The largest absolute Gasteiger partial charge is 0.465 e. The highest BCUT2D eigenvalue weighted by molar-refractivity contribution is 7.99. The molecule has 1 unspecified atom stereocenters. The van der Waals surface area contributed by atoms with Gasteiger partial charge in [-0.05, 0) is 26.7 Å². The molecular weight excluding hydrogens is 338 g/mol. The minimum absolute atomic E-state index is 0.169. The van der Waals surface area contributed by atoms with Gasteiger partial charge in [-0.1, -0.05) is 41.6 Å².